The largest absolute Gasteiger partial charge is 0.497 e. The molecule has 0 spiro atoms. The summed E-state index contributed by atoms with van der Waals surface area (Å²) >= 11 is 1.28. The lowest BCUT2D eigenvalue weighted by molar-refractivity contribution is -0.119. The molecule has 2 amide bonds. The molecule has 0 bridgehead atoms. The number of amides is 2. The second-order valence-corrected chi connectivity index (χ2v) is 6.54. The predicted octanol–water partition coefficient (Wildman–Crippen LogP) is 1.65. The molecule has 1 saturated heterocycles. The third-order valence-electron chi connectivity index (χ3n) is 3.82. The summed E-state index contributed by atoms with van der Waals surface area (Å²) in [4.78, 5) is 25.6. The zero-order chi connectivity index (χ0) is 17.8. The quantitative estimate of drug-likeness (QED) is 0.840. The van der Waals surface area contributed by atoms with Gasteiger partial charge in [0.2, 0.25) is 11.0 Å². The van der Waals surface area contributed by atoms with Gasteiger partial charge in [0.1, 0.15) is 17.4 Å². The highest BCUT2D eigenvalue weighted by atomic mass is 32.1. The first kappa shape index (κ1) is 17.3. The number of carbonyl (C=O) groups excluding carboxylic acids is 2. The lowest BCUT2D eigenvalue weighted by Gasteiger charge is -2.16. The van der Waals surface area contributed by atoms with Crippen molar-refractivity contribution < 1.29 is 19.1 Å². The summed E-state index contributed by atoms with van der Waals surface area (Å²) in [5.74, 6) is 0.454. The summed E-state index contributed by atoms with van der Waals surface area (Å²) in [7, 11) is 3.05. The number of benzene rings is 1. The van der Waals surface area contributed by atoms with Crippen molar-refractivity contribution in [1.82, 2.24) is 10.2 Å². The summed E-state index contributed by atoms with van der Waals surface area (Å²) in [6.45, 7) is 0.494. The van der Waals surface area contributed by atoms with Crippen molar-refractivity contribution in [3.63, 3.8) is 0 Å². The van der Waals surface area contributed by atoms with Crippen LogP contribution in [0.2, 0.25) is 0 Å². The van der Waals surface area contributed by atoms with E-state index >= 15 is 0 Å². The molecule has 2 aromatic rings. The molecule has 1 aromatic heterocycles. The van der Waals surface area contributed by atoms with Gasteiger partial charge in [-0.1, -0.05) is 11.3 Å². The van der Waals surface area contributed by atoms with E-state index in [1.54, 1.807) is 12.0 Å². The summed E-state index contributed by atoms with van der Waals surface area (Å²) in [5, 5.41) is 11.8. The van der Waals surface area contributed by atoms with Crippen LogP contribution in [-0.4, -0.2) is 49.4 Å². The molecule has 1 aliphatic heterocycles. The fourth-order valence-corrected chi connectivity index (χ4v) is 3.47. The van der Waals surface area contributed by atoms with Crippen molar-refractivity contribution in [3.05, 3.63) is 29.3 Å². The molecule has 132 valence electrons. The van der Waals surface area contributed by atoms with E-state index in [9.17, 15) is 9.59 Å². The van der Waals surface area contributed by atoms with Crippen molar-refractivity contribution in [2.45, 2.75) is 12.3 Å². The van der Waals surface area contributed by atoms with Crippen molar-refractivity contribution >= 4 is 34.0 Å². The minimum Gasteiger partial charge on any atom is -0.497 e. The summed E-state index contributed by atoms with van der Waals surface area (Å²) in [5.41, 5.74) is 0.825. The van der Waals surface area contributed by atoms with E-state index in [4.69, 9.17) is 9.47 Å². The number of hydrogen-bond acceptors (Lipinski definition) is 7. The Morgan fingerprint density at radius 1 is 1.32 bits per heavy atom. The summed E-state index contributed by atoms with van der Waals surface area (Å²) < 4.78 is 9.90. The number of carbonyl (C=O) groups is 2. The highest BCUT2D eigenvalue weighted by Gasteiger charge is 2.34. The second-order valence-electron chi connectivity index (χ2n) is 5.53. The van der Waals surface area contributed by atoms with Gasteiger partial charge in [0, 0.05) is 31.7 Å². The van der Waals surface area contributed by atoms with E-state index in [1.807, 2.05) is 24.3 Å². The molecule has 8 nitrogen and oxygen atoms in total. The first-order chi connectivity index (χ1) is 12.1. The van der Waals surface area contributed by atoms with Crippen molar-refractivity contribution in [3.8, 4) is 5.75 Å². The Morgan fingerprint density at radius 2 is 2.08 bits per heavy atom. The molecule has 2 heterocycles. The Hall–Kier alpha value is -2.52. The molecule has 1 atom stereocenters. The molecule has 9 heteroatoms. The van der Waals surface area contributed by atoms with E-state index < -0.39 is 0 Å². The van der Waals surface area contributed by atoms with Gasteiger partial charge in [-0.2, -0.15) is 0 Å². The smallest absolute Gasteiger partial charge is 0.252 e. The molecule has 0 radical (unpaired) electrons. The Morgan fingerprint density at radius 3 is 2.76 bits per heavy atom. The molecule has 1 N–H and O–H groups in total. The van der Waals surface area contributed by atoms with Crippen LogP contribution in [0.3, 0.4) is 0 Å². The lowest BCUT2D eigenvalue weighted by Crippen LogP contribution is -2.24. The van der Waals surface area contributed by atoms with E-state index in [0.717, 1.165) is 16.4 Å². The molecule has 0 saturated carbocycles. The minimum absolute atomic E-state index is 0.0373. The third-order valence-corrected chi connectivity index (χ3v) is 4.82. The predicted molar refractivity (Wildman–Crippen MR) is 93.1 cm³/mol. The first-order valence-corrected chi connectivity index (χ1v) is 8.49. The van der Waals surface area contributed by atoms with E-state index in [1.165, 1.54) is 18.4 Å². The first-order valence-electron chi connectivity index (χ1n) is 7.67. The van der Waals surface area contributed by atoms with Gasteiger partial charge in [0.05, 0.1) is 7.11 Å². The summed E-state index contributed by atoms with van der Waals surface area (Å²) in [6, 6.07) is 7.36. The van der Waals surface area contributed by atoms with Crippen LogP contribution in [0.15, 0.2) is 24.3 Å². The molecule has 25 heavy (non-hydrogen) atoms. The third kappa shape index (κ3) is 3.94. The number of aromatic nitrogens is 2. The molecule has 1 aromatic carbocycles. The van der Waals surface area contributed by atoms with Gasteiger partial charge in [-0.15, -0.1) is 10.2 Å². The SMILES string of the molecule is COCC(=O)Nc1nnc([C@H]2CC(=O)N(c3ccc(OC)cc3)C2)s1. The zero-order valence-corrected chi connectivity index (χ0v) is 14.7. The molecule has 3 rings (SSSR count). The molecular formula is C16H18N4O4S. The molecule has 0 aliphatic carbocycles. The zero-order valence-electron chi connectivity index (χ0n) is 13.9. The van der Waals surface area contributed by atoms with Crippen LogP contribution in [0.4, 0.5) is 10.8 Å². The van der Waals surface area contributed by atoms with Crippen LogP contribution in [0.1, 0.15) is 17.3 Å². The molecule has 1 aliphatic rings. The van der Waals surface area contributed by atoms with Crippen LogP contribution in [-0.2, 0) is 14.3 Å². The van der Waals surface area contributed by atoms with Crippen molar-refractivity contribution in [2.24, 2.45) is 0 Å². The number of nitrogens with one attached hydrogen (secondary N) is 1. The van der Waals surface area contributed by atoms with Gasteiger partial charge in [0.25, 0.3) is 5.91 Å². The topological polar surface area (TPSA) is 93.7 Å². The van der Waals surface area contributed by atoms with Crippen molar-refractivity contribution in [1.29, 1.82) is 0 Å². The van der Waals surface area contributed by atoms with Gasteiger partial charge in [0.15, 0.2) is 0 Å². The number of nitrogens with zero attached hydrogens (tertiary/aromatic N) is 3. The van der Waals surface area contributed by atoms with Gasteiger partial charge in [-0.25, -0.2) is 0 Å². The number of rotatable bonds is 6. The van der Waals surface area contributed by atoms with Crippen LogP contribution in [0.25, 0.3) is 0 Å². The Kier molecular flexibility index (Phi) is 5.25. The van der Waals surface area contributed by atoms with Crippen LogP contribution >= 0.6 is 11.3 Å². The van der Waals surface area contributed by atoms with Gasteiger partial charge in [-0.05, 0) is 24.3 Å². The van der Waals surface area contributed by atoms with E-state index in [2.05, 4.69) is 15.5 Å². The Labute approximate surface area is 148 Å². The maximum Gasteiger partial charge on any atom is 0.252 e. The lowest BCUT2D eigenvalue weighted by atomic mass is 10.1. The Bertz CT molecular complexity index is 762. The number of hydrogen-bond donors (Lipinski definition) is 1. The van der Waals surface area contributed by atoms with Crippen LogP contribution < -0.4 is 15.0 Å². The van der Waals surface area contributed by atoms with Crippen molar-refractivity contribution in [2.75, 3.05) is 37.6 Å². The molecular weight excluding hydrogens is 344 g/mol. The fourth-order valence-electron chi connectivity index (χ4n) is 2.62. The standard InChI is InChI=1S/C16H18N4O4S/c1-23-9-13(21)17-16-19-18-15(25-16)10-7-14(22)20(8-10)11-3-5-12(24-2)6-4-11/h3-6,10H,7-9H2,1-2H3,(H,17,19,21)/t10-/m0/s1. The van der Waals surface area contributed by atoms with Crippen LogP contribution in [0, 0.1) is 0 Å². The number of anilines is 2. The Balaban J connectivity index is 1.67. The highest BCUT2D eigenvalue weighted by molar-refractivity contribution is 7.15. The van der Waals surface area contributed by atoms with E-state index in [0.29, 0.717) is 18.1 Å². The maximum absolute atomic E-state index is 12.3. The normalized spacial score (nSPS) is 17.0. The summed E-state index contributed by atoms with van der Waals surface area (Å²) in [6.07, 6.45) is 0.368. The average molecular weight is 362 g/mol. The second kappa shape index (κ2) is 7.58. The van der Waals surface area contributed by atoms with Crippen LogP contribution in [0.5, 0.6) is 5.75 Å². The van der Waals surface area contributed by atoms with Gasteiger partial charge >= 0.3 is 0 Å². The molecule has 1 fully saturated rings. The van der Waals surface area contributed by atoms with Gasteiger partial charge < -0.3 is 14.4 Å². The monoisotopic (exact) mass is 362 g/mol. The van der Waals surface area contributed by atoms with E-state index in [-0.39, 0.29) is 24.3 Å². The minimum atomic E-state index is -0.285. The molecule has 0 unspecified atom stereocenters. The number of ether oxygens (including phenoxy) is 2. The highest BCUT2D eigenvalue weighted by Crippen LogP contribution is 2.34. The average Bonchev–Trinajstić information content (AvgIpc) is 3.22. The van der Waals surface area contributed by atoms with Gasteiger partial charge in [-0.3, -0.25) is 14.9 Å². The fraction of sp³-hybridized carbons (Fsp3) is 0.375. The number of methoxy groups -OCH3 is 2. The maximum atomic E-state index is 12.3.